The van der Waals surface area contributed by atoms with Crippen molar-refractivity contribution in [1.82, 2.24) is 5.32 Å². The molecular formula is C15H22BNO5. The first-order valence-corrected chi connectivity index (χ1v) is 7.22. The number of benzene rings is 1. The summed E-state index contributed by atoms with van der Waals surface area (Å²) >= 11 is 0. The highest BCUT2D eigenvalue weighted by Gasteiger charge is 2.51. The van der Waals surface area contributed by atoms with Crippen LogP contribution >= 0.6 is 0 Å². The predicted molar refractivity (Wildman–Crippen MR) is 83.1 cm³/mol. The van der Waals surface area contributed by atoms with Crippen LogP contribution in [-0.4, -0.2) is 41.2 Å². The molecule has 1 atom stereocenters. The Kier molecular flexibility index (Phi) is 4.51. The maximum Gasteiger partial charge on any atom is 0.494 e. The molecule has 0 aliphatic carbocycles. The van der Waals surface area contributed by atoms with Crippen molar-refractivity contribution in [1.29, 1.82) is 0 Å². The normalized spacial score (nSPS) is 20.7. The van der Waals surface area contributed by atoms with Crippen molar-refractivity contribution in [3.05, 3.63) is 29.8 Å². The van der Waals surface area contributed by atoms with Gasteiger partial charge in [-0.3, -0.25) is 0 Å². The van der Waals surface area contributed by atoms with Crippen LogP contribution in [0.15, 0.2) is 24.3 Å². The van der Waals surface area contributed by atoms with Gasteiger partial charge in [0.25, 0.3) is 0 Å². The molecule has 7 heteroatoms. The van der Waals surface area contributed by atoms with Crippen molar-refractivity contribution < 1.29 is 24.3 Å². The van der Waals surface area contributed by atoms with Gasteiger partial charge in [-0.05, 0) is 38.7 Å². The van der Waals surface area contributed by atoms with Crippen LogP contribution < -0.4 is 10.8 Å². The number of aliphatic hydroxyl groups is 1. The monoisotopic (exact) mass is 307 g/mol. The first-order chi connectivity index (χ1) is 10.2. The minimum Gasteiger partial charge on any atom is -0.465 e. The Morgan fingerprint density at radius 3 is 2.36 bits per heavy atom. The van der Waals surface area contributed by atoms with Gasteiger partial charge in [0, 0.05) is 0 Å². The van der Waals surface area contributed by atoms with Crippen LogP contribution in [0.1, 0.15) is 39.3 Å². The van der Waals surface area contributed by atoms with Crippen LogP contribution in [-0.2, 0) is 9.31 Å². The summed E-state index contributed by atoms with van der Waals surface area (Å²) < 4.78 is 12.0. The summed E-state index contributed by atoms with van der Waals surface area (Å²) in [6.45, 7) is 7.57. The zero-order valence-corrected chi connectivity index (χ0v) is 13.3. The largest absolute Gasteiger partial charge is 0.494 e. The topological polar surface area (TPSA) is 88.0 Å². The van der Waals surface area contributed by atoms with E-state index < -0.39 is 30.5 Å². The van der Waals surface area contributed by atoms with Gasteiger partial charge in [-0.2, -0.15) is 0 Å². The molecule has 1 heterocycles. The van der Waals surface area contributed by atoms with Crippen LogP contribution in [0.2, 0.25) is 0 Å². The maximum atomic E-state index is 10.8. The van der Waals surface area contributed by atoms with Crippen LogP contribution in [0.5, 0.6) is 0 Å². The van der Waals surface area contributed by atoms with Gasteiger partial charge in [-0.1, -0.05) is 24.3 Å². The third-order valence-corrected chi connectivity index (χ3v) is 4.32. The van der Waals surface area contributed by atoms with E-state index in [1.54, 1.807) is 18.2 Å². The van der Waals surface area contributed by atoms with Gasteiger partial charge in [0.2, 0.25) is 0 Å². The number of nitrogens with one attached hydrogen (secondary N) is 1. The summed E-state index contributed by atoms with van der Waals surface area (Å²) in [5, 5.41) is 20.5. The Morgan fingerprint density at radius 1 is 1.27 bits per heavy atom. The van der Waals surface area contributed by atoms with Gasteiger partial charge in [0.05, 0.1) is 23.9 Å². The summed E-state index contributed by atoms with van der Waals surface area (Å²) in [6.07, 6.45) is -1.18. The van der Waals surface area contributed by atoms with Crippen molar-refractivity contribution in [2.75, 3.05) is 6.61 Å². The van der Waals surface area contributed by atoms with Crippen molar-refractivity contribution >= 4 is 18.7 Å². The Bertz CT molecular complexity index is 545. The van der Waals surface area contributed by atoms with Gasteiger partial charge in [0.1, 0.15) is 0 Å². The summed E-state index contributed by atoms with van der Waals surface area (Å²) in [5.74, 6) is 0. The summed E-state index contributed by atoms with van der Waals surface area (Å²) in [6, 6.07) is 6.52. The van der Waals surface area contributed by atoms with Crippen molar-refractivity contribution in [3.63, 3.8) is 0 Å². The highest BCUT2D eigenvalue weighted by atomic mass is 16.7. The van der Waals surface area contributed by atoms with E-state index in [1.165, 1.54) is 0 Å². The number of rotatable bonds is 4. The molecule has 1 unspecified atom stereocenters. The lowest BCUT2D eigenvalue weighted by Gasteiger charge is -2.32. The second-order valence-electron chi connectivity index (χ2n) is 6.44. The van der Waals surface area contributed by atoms with E-state index in [2.05, 4.69) is 5.32 Å². The first-order valence-electron chi connectivity index (χ1n) is 7.22. The molecule has 0 bridgehead atoms. The SMILES string of the molecule is CC1(C)OB(c2cccc(C(CO)NC(=O)O)c2)OC1(C)C. The Morgan fingerprint density at radius 2 is 1.86 bits per heavy atom. The van der Waals surface area contributed by atoms with Crippen molar-refractivity contribution in [2.45, 2.75) is 44.9 Å². The Balaban J connectivity index is 2.24. The molecule has 0 radical (unpaired) electrons. The van der Waals surface area contributed by atoms with Gasteiger partial charge < -0.3 is 24.8 Å². The molecule has 0 saturated carbocycles. The van der Waals surface area contributed by atoms with E-state index in [4.69, 9.17) is 14.4 Å². The maximum absolute atomic E-state index is 10.8. The molecular weight excluding hydrogens is 285 g/mol. The number of aliphatic hydroxyl groups excluding tert-OH is 1. The number of amides is 1. The number of carboxylic acid groups (broad SMARTS) is 1. The molecule has 1 aliphatic heterocycles. The molecule has 0 spiro atoms. The van der Waals surface area contributed by atoms with Gasteiger partial charge >= 0.3 is 13.2 Å². The minimum absolute atomic E-state index is 0.320. The van der Waals surface area contributed by atoms with Crippen LogP contribution in [0.3, 0.4) is 0 Å². The number of carbonyl (C=O) groups is 1. The zero-order valence-electron chi connectivity index (χ0n) is 13.3. The predicted octanol–water partition coefficient (Wildman–Crippen LogP) is 1.29. The summed E-state index contributed by atoms with van der Waals surface area (Å²) in [4.78, 5) is 10.8. The molecule has 1 fully saturated rings. The molecule has 1 saturated heterocycles. The van der Waals surface area contributed by atoms with Crippen molar-refractivity contribution in [2.24, 2.45) is 0 Å². The molecule has 3 N–H and O–H groups in total. The lowest BCUT2D eigenvalue weighted by Crippen LogP contribution is -2.41. The second-order valence-corrected chi connectivity index (χ2v) is 6.44. The quantitative estimate of drug-likeness (QED) is 0.730. The molecule has 1 amide bonds. The summed E-state index contributed by atoms with van der Waals surface area (Å²) in [7, 11) is -0.519. The van der Waals surface area contributed by atoms with E-state index in [1.807, 2.05) is 33.8 Å². The van der Waals surface area contributed by atoms with Gasteiger partial charge in [-0.15, -0.1) is 0 Å². The highest BCUT2D eigenvalue weighted by Crippen LogP contribution is 2.36. The van der Waals surface area contributed by atoms with E-state index in [0.717, 1.165) is 5.46 Å². The van der Waals surface area contributed by atoms with Gasteiger partial charge in [-0.25, -0.2) is 4.79 Å². The molecule has 6 nitrogen and oxygen atoms in total. The van der Waals surface area contributed by atoms with E-state index >= 15 is 0 Å². The molecule has 2 rings (SSSR count). The van der Waals surface area contributed by atoms with E-state index in [0.29, 0.717) is 5.56 Å². The molecule has 1 aromatic rings. The van der Waals surface area contributed by atoms with Crippen LogP contribution in [0.4, 0.5) is 4.79 Å². The third-order valence-electron chi connectivity index (χ3n) is 4.32. The molecule has 22 heavy (non-hydrogen) atoms. The molecule has 1 aromatic carbocycles. The fourth-order valence-corrected chi connectivity index (χ4v) is 2.28. The first kappa shape index (κ1) is 16.8. The average Bonchev–Trinajstić information content (AvgIpc) is 2.65. The van der Waals surface area contributed by atoms with Crippen molar-refractivity contribution in [3.8, 4) is 0 Å². The van der Waals surface area contributed by atoms with E-state index in [-0.39, 0.29) is 6.61 Å². The average molecular weight is 307 g/mol. The van der Waals surface area contributed by atoms with E-state index in [9.17, 15) is 9.90 Å². The zero-order chi connectivity index (χ0) is 16.5. The lowest BCUT2D eigenvalue weighted by molar-refractivity contribution is 0.00578. The third kappa shape index (κ3) is 3.26. The van der Waals surface area contributed by atoms with Crippen LogP contribution in [0, 0.1) is 0 Å². The number of hydrogen-bond donors (Lipinski definition) is 3. The molecule has 1 aliphatic rings. The fourth-order valence-electron chi connectivity index (χ4n) is 2.28. The standard InChI is InChI=1S/C15H22BNO5/c1-14(2)15(3,4)22-16(21-14)11-7-5-6-10(8-11)12(9-18)17-13(19)20/h5-8,12,17-18H,9H2,1-4H3,(H,19,20). The smallest absolute Gasteiger partial charge is 0.465 e. The lowest BCUT2D eigenvalue weighted by atomic mass is 9.78. The summed E-state index contributed by atoms with van der Waals surface area (Å²) in [5.41, 5.74) is 0.575. The fraction of sp³-hybridized carbons (Fsp3) is 0.533. The highest BCUT2D eigenvalue weighted by molar-refractivity contribution is 6.62. The van der Waals surface area contributed by atoms with Gasteiger partial charge in [0.15, 0.2) is 0 Å². The number of hydrogen-bond acceptors (Lipinski definition) is 4. The van der Waals surface area contributed by atoms with Crippen LogP contribution in [0.25, 0.3) is 0 Å². The molecule has 120 valence electrons. The second kappa shape index (κ2) is 5.91. The Hall–Kier alpha value is -1.57. The Labute approximate surface area is 130 Å². The minimum atomic E-state index is -1.18. The molecule has 0 aromatic heterocycles.